The summed E-state index contributed by atoms with van der Waals surface area (Å²) in [6.45, 7) is -2.38. The van der Waals surface area contributed by atoms with Gasteiger partial charge in [-0.1, -0.05) is 122 Å². The van der Waals surface area contributed by atoms with Crippen molar-refractivity contribution in [1.82, 2.24) is 9.97 Å². The van der Waals surface area contributed by atoms with Gasteiger partial charge in [0.2, 0.25) is 0 Å². The number of hydrogen-bond acceptors (Lipinski definition) is 3. The van der Waals surface area contributed by atoms with Crippen LogP contribution in [0.5, 0.6) is 0 Å². The van der Waals surface area contributed by atoms with Gasteiger partial charge in [0.05, 0.1) is 5.58 Å². The number of aryl methyl sites for hydroxylation is 3. The van der Waals surface area contributed by atoms with Gasteiger partial charge in [0, 0.05) is 57.0 Å². The molecule has 0 bridgehead atoms. The van der Waals surface area contributed by atoms with Gasteiger partial charge in [-0.15, -0.1) is 47.5 Å². The fourth-order valence-corrected chi connectivity index (χ4v) is 7.09. The first-order valence-corrected chi connectivity index (χ1v) is 17.6. The predicted molar refractivity (Wildman–Crippen MR) is 216 cm³/mol. The molecule has 0 N–H and O–H groups in total. The van der Waals surface area contributed by atoms with Gasteiger partial charge in [0.15, 0.2) is 0 Å². The van der Waals surface area contributed by atoms with E-state index in [-0.39, 0.29) is 42.2 Å². The Morgan fingerprint density at radius 3 is 2.28 bits per heavy atom. The number of fused-ring (bicyclic) bond motifs is 5. The number of nitrogens with zero attached hydrogens (tertiary/aromatic N) is 2. The van der Waals surface area contributed by atoms with Gasteiger partial charge in [-0.2, -0.15) is 0 Å². The first-order chi connectivity index (χ1) is 29.2. The van der Waals surface area contributed by atoms with E-state index in [2.05, 4.69) is 60.2 Å². The Morgan fingerprint density at radius 2 is 1.51 bits per heavy atom. The monoisotopic (exact) mass is 879 g/mol. The predicted octanol–water partition coefficient (Wildman–Crippen LogP) is 13.4. The Bertz CT molecular complexity index is 2910. The summed E-state index contributed by atoms with van der Waals surface area (Å²) in [5.74, 6) is -0.963. The fourth-order valence-electron chi connectivity index (χ4n) is 7.09. The first kappa shape index (κ1) is 26.0. The van der Waals surface area contributed by atoms with E-state index in [1.165, 1.54) is 24.5 Å². The van der Waals surface area contributed by atoms with Crippen molar-refractivity contribution in [2.75, 3.05) is 0 Å². The minimum absolute atomic E-state index is 0. The molecule has 8 aromatic rings. The summed E-state index contributed by atoms with van der Waals surface area (Å²) in [6, 6.07) is 39.8. The maximum Gasteiger partial charge on any atom is 0.128 e. The van der Waals surface area contributed by atoms with Crippen LogP contribution < -0.4 is 0 Å². The van der Waals surface area contributed by atoms with E-state index in [4.69, 9.17) is 16.8 Å². The molecular formula is C49H44IrN2O-2. The second-order valence-corrected chi connectivity index (χ2v) is 14.2. The molecule has 5 aromatic carbocycles. The Morgan fingerprint density at radius 1 is 0.736 bits per heavy atom. The van der Waals surface area contributed by atoms with E-state index in [0.29, 0.717) is 52.1 Å². The van der Waals surface area contributed by atoms with Crippen LogP contribution in [0, 0.1) is 38.1 Å². The number of furan rings is 1. The fraction of sp³-hybridized carbons (Fsp3) is 0.224. The average Bonchev–Trinajstić information content (AvgIpc) is 3.64. The zero-order valence-electron chi connectivity index (χ0n) is 39.5. The second-order valence-electron chi connectivity index (χ2n) is 14.2. The van der Waals surface area contributed by atoms with Gasteiger partial charge in [-0.05, 0) is 89.7 Å². The van der Waals surface area contributed by atoms with Crippen LogP contribution in [0.3, 0.4) is 0 Å². The molecule has 1 aliphatic rings. The van der Waals surface area contributed by atoms with Crippen molar-refractivity contribution >= 4 is 32.7 Å². The molecule has 1 saturated carbocycles. The summed E-state index contributed by atoms with van der Waals surface area (Å²) >= 11 is 0. The second kappa shape index (κ2) is 15.2. The summed E-state index contributed by atoms with van der Waals surface area (Å²) in [4.78, 5) is 8.79. The molecule has 267 valence electrons. The molecule has 0 unspecified atom stereocenters. The van der Waals surface area contributed by atoms with Crippen molar-refractivity contribution in [3.63, 3.8) is 0 Å². The SMILES string of the molecule is [2H]C([2H])([2H])c1ccc(-c2[c-]cc(C([2H])([2H])[2H])c(-c3ccccc3)c2)nc1.[2H]C([2H])([2H])c1cnc(-c2[c-]ccc3c2oc2c4ccccc4ccc32)cc1C1([2H])CCC(C)(C)CC1.[Ir]. The topological polar surface area (TPSA) is 38.9 Å². The van der Waals surface area contributed by atoms with E-state index in [0.717, 1.165) is 45.5 Å². The molecule has 3 nitrogen and oxygen atoms in total. The maximum absolute atomic E-state index is 9.35. The van der Waals surface area contributed by atoms with Crippen molar-refractivity contribution in [1.29, 1.82) is 0 Å². The molecule has 9 rings (SSSR count). The van der Waals surface area contributed by atoms with E-state index >= 15 is 0 Å². The molecule has 0 saturated heterocycles. The van der Waals surface area contributed by atoms with Gasteiger partial charge < -0.3 is 14.4 Å². The van der Waals surface area contributed by atoms with Crippen LogP contribution in [0.15, 0.2) is 126 Å². The molecule has 0 spiro atoms. The molecule has 4 heteroatoms. The molecule has 0 amide bonds. The van der Waals surface area contributed by atoms with Crippen molar-refractivity contribution in [2.45, 2.75) is 66.0 Å². The smallest absolute Gasteiger partial charge is 0.128 e. The van der Waals surface area contributed by atoms with Gasteiger partial charge in [0.25, 0.3) is 0 Å². The Kier molecular flexibility index (Phi) is 7.46. The molecule has 3 aromatic heterocycles. The van der Waals surface area contributed by atoms with Gasteiger partial charge >= 0.3 is 0 Å². The number of pyridine rings is 2. The Labute approximate surface area is 340 Å². The molecular weight excluding hydrogens is 825 g/mol. The minimum atomic E-state index is -2.34. The van der Waals surface area contributed by atoms with Gasteiger partial charge in [0.1, 0.15) is 5.58 Å². The number of rotatable bonds is 4. The third-order valence-electron chi connectivity index (χ3n) is 10.1. The van der Waals surface area contributed by atoms with Crippen molar-refractivity contribution in [2.24, 2.45) is 5.41 Å². The van der Waals surface area contributed by atoms with Crippen LogP contribution in [0.4, 0.5) is 0 Å². The average molecular weight is 879 g/mol. The third kappa shape index (κ3) is 7.49. The van der Waals surface area contributed by atoms with E-state index < -0.39 is 26.4 Å². The summed E-state index contributed by atoms with van der Waals surface area (Å²) in [7, 11) is 0. The minimum Gasteiger partial charge on any atom is -0.500 e. The number of aromatic nitrogens is 2. The van der Waals surface area contributed by atoms with Crippen molar-refractivity contribution in [3.8, 4) is 33.6 Å². The zero-order chi connectivity index (χ0) is 44.2. The molecule has 1 aliphatic carbocycles. The van der Waals surface area contributed by atoms with Gasteiger partial charge in [-0.3, -0.25) is 0 Å². The molecule has 1 fully saturated rings. The van der Waals surface area contributed by atoms with E-state index in [9.17, 15) is 1.37 Å². The summed E-state index contributed by atoms with van der Waals surface area (Å²) in [5.41, 5.74) is 6.53. The molecule has 3 heterocycles. The van der Waals surface area contributed by atoms with E-state index in [1.807, 2.05) is 60.7 Å². The maximum atomic E-state index is 9.35. The van der Waals surface area contributed by atoms with E-state index in [1.54, 1.807) is 12.1 Å². The van der Waals surface area contributed by atoms with Crippen LogP contribution >= 0.6 is 0 Å². The van der Waals surface area contributed by atoms with Crippen LogP contribution in [-0.2, 0) is 20.1 Å². The van der Waals surface area contributed by atoms with Crippen molar-refractivity contribution in [3.05, 3.63) is 156 Å². The summed E-state index contributed by atoms with van der Waals surface area (Å²) in [5, 5.41) is 4.13. The third-order valence-corrected chi connectivity index (χ3v) is 10.1. The molecule has 0 aliphatic heterocycles. The van der Waals surface area contributed by atoms with Crippen molar-refractivity contribution < 1.29 is 38.2 Å². The van der Waals surface area contributed by atoms with Crippen LogP contribution in [0.2, 0.25) is 0 Å². The number of hydrogen-bond donors (Lipinski definition) is 0. The van der Waals surface area contributed by atoms with Crippen LogP contribution in [-0.4, -0.2) is 9.97 Å². The quantitative estimate of drug-likeness (QED) is 0.165. The molecule has 1 radical (unpaired) electrons. The van der Waals surface area contributed by atoms with Crippen LogP contribution in [0.1, 0.15) is 81.4 Å². The van der Waals surface area contributed by atoms with Crippen LogP contribution in [0.25, 0.3) is 66.4 Å². The molecule has 0 atom stereocenters. The molecule has 53 heavy (non-hydrogen) atoms. The summed E-state index contributed by atoms with van der Waals surface area (Å²) < 4.78 is 85.8. The van der Waals surface area contributed by atoms with Gasteiger partial charge in [-0.25, -0.2) is 0 Å². The first-order valence-electron chi connectivity index (χ1n) is 22.6. The largest absolute Gasteiger partial charge is 0.500 e. The summed E-state index contributed by atoms with van der Waals surface area (Å²) in [6.07, 6.45) is 5.77. The number of benzene rings is 5. The Hall–Kier alpha value is -4.89. The zero-order valence-corrected chi connectivity index (χ0v) is 31.9. The standard InChI is InChI=1S/C30H28NO.C19H16N.Ir/c1-19-18-31-27(17-26(19)21-13-15-30(2,3)16-14-21)25-10-6-9-23-24-12-11-20-7-4-5-8-22(20)28(24)32-29(23)25;1-14-8-11-19(20-13-14)17-10-9-15(2)18(12-17)16-6-4-3-5-7-16;/h4-9,11-12,17-18,21H,13-16H2,1-3H3;3-9,11-13H,1-2H3;/q2*-1;/i1D3,21D;1D3,2D3;. The normalized spacial score (nSPS) is 18.2. The Balaban J connectivity index is 0.000000196.